The Hall–Kier alpha value is -1.59. The van der Waals surface area contributed by atoms with Crippen molar-refractivity contribution >= 4 is 29.9 Å². The average molecular weight is 312 g/mol. The summed E-state index contributed by atoms with van der Waals surface area (Å²) in [5, 5.41) is 2.81. The Morgan fingerprint density at radius 2 is 2.14 bits per heavy atom. The molecule has 0 saturated carbocycles. The van der Waals surface area contributed by atoms with Crippen molar-refractivity contribution in [2.24, 2.45) is 5.73 Å². The number of benzene rings is 1. The third-order valence-electron chi connectivity index (χ3n) is 3.38. The Labute approximate surface area is 131 Å². The lowest BCUT2D eigenvalue weighted by molar-refractivity contribution is -0.133. The molecule has 0 bridgehead atoms. The highest BCUT2D eigenvalue weighted by atomic mass is 35.5. The zero-order valence-electron chi connectivity index (χ0n) is 12.0. The number of halogens is 1. The van der Waals surface area contributed by atoms with Gasteiger partial charge in [0.1, 0.15) is 0 Å². The molecule has 21 heavy (non-hydrogen) atoms. The van der Waals surface area contributed by atoms with Gasteiger partial charge in [-0.2, -0.15) is 0 Å². The van der Waals surface area contributed by atoms with Crippen molar-refractivity contribution in [3.8, 4) is 0 Å². The average Bonchev–Trinajstić information content (AvgIpc) is 2.42. The molecule has 1 heterocycles. The molecule has 0 aliphatic carbocycles. The van der Waals surface area contributed by atoms with Crippen molar-refractivity contribution < 1.29 is 9.59 Å². The van der Waals surface area contributed by atoms with E-state index in [-0.39, 0.29) is 24.2 Å². The maximum absolute atomic E-state index is 11.8. The van der Waals surface area contributed by atoms with E-state index in [9.17, 15) is 9.59 Å². The van der Waals surface area contributed by atoms with Gasteiger partial charge in [-0.15, -0.1) is 12.4 Å². The Kier molecular flexibility index (Phi) is 7.19. The van der Waals surface area contributed by atoms with Gasteiger partial charge in [0.2, 0.25) is 11.8 Å². The van der Waals surface area contributed by atoms with Gasteiger partial charge >= 0.3 is 0 Å². The Morgan fingerprint density at radius 1 is 1.33 bits per heavy atom. The van der Waals surface area contributed by atoms with Crippen LogP contribution in [0, 0.1) is 0 Å². The molecule has 0 aromatic heterocycles. The SMILES string of the molecule is Cl.NCCC(=O)Nc1cccc(CN2CCCCC2=O)c1. The van der Waals surface area contributed by atoms with Gasteiger partial charge in [-0.3, -0.25) is 9.59 Å². The maximum atomic E-state index is 11.8. The van der Waals surface area contributed by atoms with Crippen LogP contribution in [0.5, 0.6) is 0 Å². The first-order chi connectivity index (χ1) is 9.69. The van der Waals surface area contributed by atoms with E-state index < -0.39 is 0 Å². The van der Waals surface area contributed by atoms with Crippen LogP contribution in [0.25, 0.3) is 0 Å². The number of nitrogens with two attached hydrogens (primary N) is 1. The van der Waals surface area contributed by atoms with E-state index in [2.05, 4.69) is 5.32 Å². The lowest BCUT2D eigenvalue weighted by Crippen LogP contribution is -2.34. The van der Waals surface area contributed by atoms with Crippen LogP contribution in [0.3, 0.4) is 0 Å². The van der Waals surface area contributed by atoms with E-state index in [1.807, 2.05) is 29.2 Å². The number of carbonyl (C=O) groups excluding carboxylic acids is 2. The summed E-state index contributed by atoms with van der Waals surface area (Å²) in [7, 11) is 0. The third kappa shape index (κ3) is 5.36. The zero-order valence-corrected chi connectivity index (χ0v) is 12.8. The molecule has 1 aliphatic heterocycles. The van der Waals surface area contributed by atoms with Crippen molar-refractivity contribution in [3.63, 3.8) is 0 Å². The number of hydrogen-bond acceptors (Lipinski definition) is 3. The Morgan fingerprint density at radius 3 is 2.86 bits per heavy atom. The number of rotatable bonds is 5. The molecule has 1 aromatic rings. The zero-order chi connectivity index (χ0) is 14.4. The normalized spacial score (nSPS) is 14.5. The van der Waals surface area contributed by atoms with E-state index in [0.29, 0.717) is 25.9 Å². The quantitative estimate of drug-likeness (QED) is 0.872. The monoisotopic (exact) mass is 311 g/mol. The Bertz CT molecular complexity index is 494. The number of likely N-dealkylation sites (tertiary alicyclic amines) is 1. The largest absolute Gasteiger partial charge is 0.338 e. The predicted molar refractivity (Wildman–Crippen MR) is 85.3 cm³/mol. The summed E-state index contributed by atoms with van der Waals surface area (Å²) in [6.45, 7) is 1.77. The molecule has 1 aliphatic rings. The number of nitrogens with one attached hydrogen (secondary N) is 1. The van der Waals surface area contributed by atoms with Gasteiger partial charge in [0.25, 0.3) is 0 Å². The van der Waals surface area contributed by atoms with Crippen molar-refractivity contribution in [1.29, 1.82) is 0 Å². The molecule has 0 atom stereocenters. The van der Waals surface area contributed by atoms with Gasteiger partial charge in [-0.25, -0.2) is 0 Å². The number of carbonyl (C=O) groups is 2. The molecule has 0 radical (unpaired) electrons. The fourth-order valence-electron chi connectivity index (χ4n) is 2.35. The van der Waals surface area contributed by atoms with E-state index in [1.165, 1.54) is 0 Å². The summed E-state index contributed by atoms with van der Waals surface area (Å²) < 4.78 is 0. The van der Waals surface area contributed by atoms with E-state index in [0.717, 1.165) is 30.6 Å². The number of amides is 2. The number of nitrogens with zero attached hydrogens (tertiary/aromatic N) is 1. The van der Waals surface area contributed by atoms with Gasteiger partial charge < -0.3 is 16.0 Å². The molecule has 1 fully saturated rings. The first kappa shape index (κ1) is 17.5. The minimum atomic E-state index is -0.0845. The lowest BCUT2D eigenvalue weighted by atomic mass is 10.1. The molecule has 5 nitrogen and oxygen atoms in total. The van der Waals surface area contributed by atoms with Gasteiger partial charge in [0.05, 0.1) is 0 Å². The van der Waals surface area contributed by atoms with Crippen LogP contribution in [-0.2, 0) is 16.1 Å². The highest BCUT2D eigenvalue weighted by molar-refractivity contribution is 5.90. The summed E-state index contributed by atoms with van der Waals surface area (Å²) in [6, 6.07) is 7.62. The lowest BCUT2D eigenvalue weighted by Gasteiger charge is -2.26. The van der Waals surface area contributed by atoms with Crippen LogP contribution in [0.2, 0.25) is 0 Å². The van der Waals surface area contributed by atoms with Gasteiger partial charge in [0.15, 0.2) is 0 Å². The number of anilines is 1. The first-order valence-corrected chi connectivity index (χ1v) is 7.05. The number of hydrogen-bond donors (Lipinski definition) is 2. The summed E-state index contributed by atoms with van der Waals surface area (Å²) in [5.41, 5.74) is 7.14. The van der Waals surface area contributed by atoms with E-state index in [1.54, 1.807) is 0 Å². The molecular weight excluding hydrogens is 290 g/mol. The molecule has 0 spiro atoms. The highest BCUT2D eigenvalue weighted by Crippen LogP contribution is 2.17. The van der Waals surface area contributed by atoms with Crippen molar-refractivity contribution in [1.82, 2.24) is 4.90 Å². The van der Waals surface area contributed by atoms with Crippen molar-refractivity contribution in [3.05, 3.63) is 29.8 Å². The third-order valence-corrected chi connectivity index (χ3v) is 3.38. The number of piperidine rings is 1. The minimum Gasteiger partial charge on any atom is -0.338 e. The molecule has 0 unspecified atom stereocenters. The molecule has 116 valence electrons. The molecule has 2 rings (SSSR count). The predicted octanol–water partition coefficient (Wildman–Crippen LogP) is 1.91. The van der Waals surface area contributed by atoms with Gasteiger partial charge in [0, 0.05) is 38.2 Å². The van der Waals surface area contributed by atoms with Crippen LogP contribution < -0.4 is 11.1 Å². The summed E-state index contributed by atoms with van der Waals surface area (Å²) >= 11 is 0. The van der Waals surface area contributed by atoms with E-state index >= 15 is 0 Å². The second kappa shape index (κ2) is 8.64. The highest BCUT2D eigenvalue weighted by Gasteiger charge is 2.17. The smallest absolute Gasteiger partial charge is 0.225 e. The molecular formula is C15H22ClN3O2. The van der Waals surface area contributed by atoms with Crippen LogP contribution in [-0.4, -0.2) is 29.8 Å². The molecule has 3 N–H and O–H groups in total. The summed E-state index contributed by atoms with van der Waals surface area (Å²) in [5.74, 6) is 0.132. The fraction of sp³-hybridized carbons (Fsp3) is 0.467. The van der Waals surface area contributed by atoms with Crippen molar-refractivity contribution in [2.75, 3.05) is 18.4 Å². The topological polar surface area (TPSA) is 75.4 Å². The van der Waals surface area contributed by atoms with Gasteiger partial charge in [-0.05, 0) is 30.5 Å². The molecule has 1 saturated heterocycles. The summed E-state index contributed by atoms with van der Waals surface area (Å²) in [6.07, 6.45) is 3.02. The van der Waals surface area contributed by atoms with Crippen LogP contribution in [0.1, 0.15) is 31.2 Å². The summed E-state index contributed by atoms with van der Waals surface area (Å²) in [4.78, 5) is 25.2. The fourth-order valence-corrected chi connectivity index (χ4v) is 2.35. The van der Waals surface area contributed by atoms with Crippen molar-refractivity contribution in [2.45, 2.75) is 32.2 Å². The second-order valence-electron chi connectivity index (χ2n) is 5.06. The molecule has 1 aromatic carbocycles. The second-order valence-corrected chi connectivity index (χ2v) is 5.06. The van der Waals surface area contributed by atoms with Crippen LogP contribution in [0.15, 0.2) is 24.3 Å². The molecule has 2 amide bonds. The van der Waals surface area contributed by atoms with E-state index in [4.69, 9.17) is 5.73 Å². The van der Waals surface area contributed by atoms with Crippen LogP contribution in [0.4, 0.5) is 5.69 Å². The van der Waals surface area contributed by atoms with Crippen LogP contribution >= 0.6 is 12.4 Å². The minimum absolute atomic E-state index is 0. The Balaban J connectivity index is 0.00000220. The molecule has 6 heteroatoms. The first-order valence-electron chi connectivity index (χ1n) is 7.05. The maximum Gasteiger partial charge on any atom is 0.225 e. The van der Waals surface area contributed by atoms with Gasteiger partial charge in [-0.1, -0.05) is 12.1 Å². The standard InChI is InChI=1S/C15H21N3O2.ClH/c16-8-7-14(19)17-13-5-3-4-12(10-13)11-18-9-2-1-6-15(18)20;/h3-5,10H,1-2,6-9,11,16H2,(H,17,19);1H.